The van der Waals surface area contributed by atoms with Crippen molar-refractivity contribution in [3.8, 4) is 11.3 Å². The van der Waals surface area contributed by atoms with Crippen molar-refractivity contribution >= 4 is 22.4 Å². The molecule has 2 rings (SSSR count). The van der Waals surface area contributed by atoms with Gasteiger partial charge in [0.2, 0.25) is 0 Å². The van der Waals surface area contributed by atoms with E-state index >= 15 is 0 Å². The van der Waals surface area contributed by atoms with Gasteiger partial charge in [-0.25, -0.2) is 4.98 Å². The predicted molar refractivity (Wildman–Crippen MR) is 99.6 cm³/mol. The van der Waals surface area contributed by atoms with Crippen molar-refractivity contribution in [3.63, 3.8) is 0 Å². The summed E-state index contributed by atoms with van der Waals surface area (Å²) in [5.74, 6) is -0.157. The van der Waals surface area contributed by atoms with Crippen molar-refractivity contribution in [1.82, 2.24) is 9.55 Å². The second-order valence-electron chi connectivity index (χ2n) is 7.03. The normalized spacial score (nSPS) is 11.6. The number of nitrogens with zero attached hydrogens (tertiary/aromatic N) is 2. The molecule has 0 amide bonds. The molecule has 0 aliphatic rings. The lowest BCUT2D eigenvalue weighted by atomic mass is 10.1. The van der Waals surface area contributed by atoms with Crippen LogP contribution in [0.2, 0.25) is 0 Å². The standard InChI is InChI=1S/C18H27N3O2S/c1-12-10-14(13(2)21(12)9-7-8-16(22)23-6)15-11-24-17(19-15)20-18(3,4)5/h10-11H,7-9H2,1-6H3,(H,19,20). The number of ether oxygens (including phenoxy) is 1. The maximum atomic E-state index is 11.3. The number of rotatable bonds is 6. The second-order valence-corrected chi connectivity index (χ2v) is 7.89. The van der Waals surface area contributed by atoms with Crippen molar-refractivity contribution in [2.24, 2.45) is 0 Å². The highest BCUT2D eigenvalue weighted by atomic mass is 32.1. The van der Waals surface area contributed by atoms with E-state index in [0.29, 0.717) is 6.42 Å². The molecule has 2 heterocycles. The van der Waals surface area contributed by atoms with Gasteiger partial charge in [-0.1, -0.05) is 0 Å². The van der Waals surface area contributed by atoms with Crippen LogP contribution in [0.4, 0.5) is 5.13 Å². The number of methoxy groups -OCH3 is 1. The number of thiazole rings is 1. The molecular formula is C18H27N3O2S. The Bertz CT molecular complexity index is 710. The molecule has 1 N–H and O–H groups in total. The molecule has 6 heteroatoms. The number of carbonyl (C=O) groups excluding carboxylic acids is 1. The van der Waals surface area contributed by atoms with E-state index in [0.717, 1.165) is 29.4 Å². The number of anilines is 1. The van der Waals surface area contributed by atoms with E-state index in [4.69, 9.17) is 9.72 Å². The summed E-state index contributed by atoms with van der Waals surface area (Å²) in [5, 5.41) is 6.44. The van der Waals surface area contributed by atoms with Gasteiger partial charge in [-0.2, -0.15) is 0 Å². The summed E-state index contributed by atoms with van der Waals surface area (Å²) in [5.41, 5.74) is 4.53. The summed E-state index contributed by atoms with van der Waals surface area (Å²) in [7, 11) is 1.43. The zero-order valence-electron chi connectivity index (χ0n) is 15.4. The molecular weight excluding hydrogens is 322 g/mol. The molecule has 0 atom stereocenters. The Labute approximate surface area is 148 Å². The van der Waals surface area contributed by atoms with Crippen LogP contribution in [0.1, 0.15) is 45.0 Å². The van der Waals surface area contributed by atoms with Crippen molar-refractivity contribution in [2.45, 2.75) is 59.5 Å². The summed E-state index contributed by atoms with van der Waals surface area (Å²) in [4.78, 5) is 16.0. The van der Waals surface area contributed by atoms with Crippen LogP contribution in [0.5, 0.6) is 0 Å². The van der Waals surface area contributed by atoms with Gasteiger partial charge in [-0.15, -0.1) is 11.3 Å². The Morgan fingerprint density at radius 2 is 2.08 bits per heavy atom. The first-order valence-electron chi connectivity index (χ1n) is 8.19. The SMILES string of the molecule is COC(=O)CCCn1c(C)cc(-c2csc(NC(C)(C)C)n2)c1C. The third-order valence-corrected chi connectivity index (χ3v) is 4.58. The third-order valence-electron chi connectivity index (χ3n) is 3.83. The fourth-order valence-electron chi connectivity index (χ4n) is 2.66. The maximum Gasteiger partial charge on any atom is 0.305 e. The molecule has 0 spiro atoms. The molecule has 132 valence electrons. The number of hydrogen-bond donors (Lipinski definition) is 1. The van der Waals surface area contributed by atoms with Gasteiger partial charge in [-0.3, -0.25) is 4.79 Å². The Morgan fingerprint density at radius 3 is 2.71 bits per heavy atom. The van der Waals surface area contributed by atoms with Crippen LogP contribution in [0, 0.1) is 13.8 Å². The smallest absolute Gasteiger partial charge is 0.305 e. The van der Waals surface area contributed by atoms with E-state index in [-0.39, 0.29) is 11.5 Å². The number of nitrogens with one attached hydrogen (secondary N) is 1. The quantitative estimate of drug-likeness (QED) is 0.786. The van der Waals surface area contributed by atoms with Crippen LogP contribution in [0.3, 0.4) is 0 Å². The summed E-state index contributed by atoms with van der Waals surface area (Å²) in [6.07, 6.45) is 1.22. The lowest BCUT2D eigenvalue weighted by Crippen LogP contribution is -2.25. The van der Waals surface area contributed by atoms with Gasteiger partial charge in [0.25, 0.3) is 0 Å². The largest absolute Gasteiger partial charge is 0.469 e. The minimum Gasteiger partial charge on any atom is -0.469 e. The summed E-state index contributed by atoms with van der Waals surface area (Å²) >= 11 is 1.63. The molecule has 2 aromatic heterocycles. The zero-order chi connectivity index (χ0) is 17.9. The van der Waals surface area contributed by atoms with Gasteiger partial charge in [0.1, 0.15) is 0 Å². The molecule has 0 unspecified atom stereocenters. The summed E-state index contributed by atoms with van der Waals surface area (Å²) < 4.78 is 6.95. The average Bonchev–Trinajstić information content (AvgIpc) is 3.04. The Morgan fingerprint density at radius 1 is 1.38 bits per heavy atom. The molecule has 0 aliphatic heterocycles. The number of hydrogen-bond acceptors (Lipinski definition) is 5. The lowest BCUT2D eigenvalue weighted by Gasteiger charge is -2.19. The van der Waals surface area contributed by atoms with Crippen LogP contribution in [-0.2, 0) is 16.1 Å². The molecule has 24 heavy (non-hydrogen) atoms. The molecule has 0 saturated heterocycles. The molecule has 0 aromatic carbocycles. The molecule has 5 nitrogen and oxygen atoms in total. The van der Waals surface area contributed by atoms with Gasteiger partial charge in [0.15, 0.2) is 5.13 Å². The second kappa shape index (κ2) is 7.38. The average molecular weight is 350 g/mol. The van der Waals surface area contributed by atoms with Gasteiger partial charge >= 0.3 is 5.97 Å². The van der Waals surface area contributed by atoms with E-state index in [1.807, 2.05) is 0 Å². The zero-order valence-corrected chi connectivity index (χ0v) is 16.2. The van der Waals surface area contributed by atoms with E-state index in [2.05, 4.69) is 55.9 Å². The molecule has 0 radical (unpaired) electrons. The summed E-state index contributed by atoms with van der Waals surface area (Å²) in [6, 6.07) is 2.17. The molecule has 2 aromatic rings. The summed E-state index contributed by atoms with van der Waals surface area (Å²) in [6.45, 7) is 11.4. The number of aryl methyl sites for hydroxylation is 1. The minimum atomic E-state index is -0.157. The number of aromatic nitrogens is 2. The fraction of sp³-hybridized carbons (Fsp3) is 0.556. The van der Waals surface area contributed by atoms with Crippen LogP contribution in [-0.4, -0.2) is 28.2 Å². The van der Waals surface area contributed by atoms with E-state index in [9.17, 15) is 4.79 Å². The van der Waals surface area contributed by atoms with Crippen molar-refractivity contribution in [2.75, 3.05) is 12.4 Å². The highest BCUT2D eigenvalue weighted by molar-refractivity contribution is 7.14. The van der Waals surface area contributed by atoms with E-state index in [1.54, 1.807) is 11.3 Å². The predicted octanol–water partition coefficient (Wildman–Crippen LogP) is 4.39. The molecule has 0 fully saturated rings. The van der Waals surface area contributed by atoms with Gasteiger partial charge in [0, 0.05) is 40.8 Å². The van der Waals surface area contributed by atoms with Crippen LogP contribution in [0.15, 0.2) is 11.4 Å². The Kier molecular flexibility index (Phi) is 5.70. The Balaban J connectivity index is 2.15. The third kappa shape index (κ3) is 4.60. The van der Waals surface area contributed by atoms with Crippen LogP contribution in [0.25, 0.3) is 11.3 Å². The first kappa shape index (κ1) is 18.5. The van der Waals surface area contributed by atoms with Gasteiger partial charge < -0.3 is 14.6 Å². The maximum absolute atomic E-state index is 11.3. The highest BCUT2D eigenvalue weighted by Gasteiger charge is 2.16. The molecule has 0 aliphatic carbocycles. The molecule has 0 saturated carbocycles. The van der Waals surface area contributed by atoms with Crippen LogP contribution >= 0.6 is 11.3 Å². The minimum absolute atomic E-state index is 0.0000969. The fourth-order valence-corrected chi connectivity index (χ4v) is 3.58. The van der Waals surface area contributed by atoms with Gasteiger partial charge in [0.05, 0.1) is 12.8 Å². The van der Waals surface area contributed by atoms with Gasteiger partial charge in [-0.05, 0) is 47.1 Å². The number of carbonyl (C=O) groups is 1. The highest BCUT2D eigenvalue weighted by Crippen LogP contribution is 2.31. The Hall–Kier alpha value is -1.82. The number of esters is 1. The monoisotopic (exact) mass is 349 g/mol. The van der Waals surface area contributed by atoms with Crippen molar-refractivity contribution < 1.29 is 9.53 Å². The van der Waals surface area contributed by atoms with Crippen LogP contribution < -0.4 is 5.32 Å². The van der Waals surface area contributed by atoms with E-state index < -0.39 is 0 Å². The lowest BCUT2D eigenvalue weighted by molar-refractivity contribution is -0.140. The molecule has 0 bridgehead atoms. The topological polar surface area (TPSA) is 56.1 Å². The first-order chi connectivity index (χ1) is 11.2. The van der Waals surface area contributed by atoms with Crippen molar-refractivity contribution in [1.29, 1.82) is 0 Å². The van der Waals surface area contributed by atoms with E-state index in [1.165, 1.54) is 18.5 Å². The first-order valence-corrected chi connectivity index (χ1v) is 9.07. The van der Waals surface area contributed by atoms with Crippen molar-refractivity contribution in [3.05, 3.63) is 22.8 Å².